The molecular weight excluding hydrogens is 208 g/mol. The van der Waals surface area contributed by atoms with Gasteiger partial charge in [-0.05, 0) is 6.42 Å². The van der Waals surface area contributed by atoms with Crippen molar-refractivity contribution in [2.24, 2.45) is 0 Å². The van der Waals surface area contributed by atoms with Gasteiger partial charge in [-0.2, -0.15) is 0 Å². The number of rotatable bonds is 7. The summed E-state index contributed by atoms with van der Waals surface area (Å²) >= 11 is 0. The van der Waals surface area contributed by atoms with Gasteiger partial charge in [0, 0.05) is 6.42 Å². The van der Waals surface area contributed by atoms with Crippen molar-refractivity contribution in [2.75, 3.05) is 0 Å². The van der Waals surface area contributed by atoms with E-state index < -0.39 is 12.2 Å². The van der Waals surface area contributed by atoms with E-state index in [4.69, 9.17) is 9.47 Å². The molecule has 0 aromatic heterocycles. The zero-order chi connectivity index (χ0) is 11.7. The first kappa shape index (κ1) is 11.8. The molecule has 0 aromatic carbocycles. The van der Waals surface area contributed by atoms with E-state index in [2.05, 4.69) is 13.2 Å². The topological polar surface area (TPSA) is 65.5 Å². The van der Waals surface area contributed by atoms with Crippen molar-refractivity contribution < 1.29 is 19.7 Å². The van der Waals surface area contributed by atoms with Crippen molar-refractivity contribution in [3.05, 3.63) is 25.3 Å². The van der Waals surface area contributed by atoms with E-state index in [0.29, 0.717) is 12.8 Å². The third kappa shape index (κ3) is 2.52. The fourth-order valence-electron chi connectivity index (χ4n) is 1.98. The molecule has 0 aliphatic carbocycles. The third-order valence-corrected chi connectivity index (χ3v) is 3.04. The largest absolute Gasteiger partial charge is 0.390 e. The first-order valence-corrected chi connectivity index (χ1v) is 5.58. The van der Waals surface area contributed by atoms with Gasteiger partial charge in [0.25, 0.3) is 0 Å². The van der Waals surface area contributed by atoms with Crippen LogP contribution in [0.25, 0.3) is 0 Å². The van der Waals surface area contributed by atoms with E-state index in [9.17, 15) is 10.2 Å². The molecule has 0 saturated carbocycles. The lowest BCUT2D eigenvalue weighted by Crippen LogP contribution is -2.19. The van der Waals surface area contributed by atoms with Gasteiger partial charge in [-0.25, -0.2) is 0 Å². The molecule has 2 rings (SSSR count). The molecule has 6 atom stereocenters. The van der Waals surface area contributed by atoms with Crippen LogP contribution in [-0.2, 0) is 9.47 Å². The Morgan fingerprint density at radius 2 is 1.94 bits per heavy atom. The lowest BCUT2D eigenvalue weighted by atomic mass is 10.1. The fraction of sp³-hybridized carbons (Fsp3) is 0.667. The van der Waals surface area contributed by atoms with E-state index in [-0.39, 0.29) is 24.4 Å². The van der Waals surface area contributed by atoms with Crippen LogP contribution in [0.2, 0.25) is 0 Å². The summed E-state index contributed by atoms with van der Waals surface area (Å²) in [5.74, 6) is 0. The second-order valence-corrected chi connectivity index (χ2v) is 4.33. The summed E-state index contributed by atoms with van der Waals surface area (Å²) in [6.07, 6.45) is 3.17. The average molecular weight is 226 g/mol. The Bertz CT molecular complexity index is 278. The molecule has 2 fully saturated rings. The van der Waals surface area contributed by atoms with E-state index in [1.807, 2.05) is 0 Å². The highest BCUT2D eigenvalue weighted by atomic mass is 16.7. The molecule has 0 aromatic rings. The van der Waals surface area contributed by atoms with Crippen molar-refractivity contribution in [1.29, 1.82) is 0 Å². The predicted octanol–water partition coefficient (Wildman–Crippen LogP) is 0.395. The van der Waals surface area contributed by atoms with Gasteiger partial charge >= 0.3 is 0 Å². The van der Waals surface area contributed by atoms with Gasteiger partial charge in [0.2, 0.25) is 0 Å². The summed E-state index contributed by atoms with van der Waals surface area (Å²) < 4.78 is 10.8. The van der Waals surface area contributed by atoms with E-state index in [1.54, 1.807) is 6.08 Å². The van der Waals surface area contributed by atoms with Crippen LogP contribution >= 0.6 is 0 Å². The molecule has 0 spiro atoms. The summed E-state index contributed by atoms with van der Waals surface area (Å²) in [7, 11) is 0. The van der Waals surface area contributed by atoms with Crippen LogP contribution in [0.3, 0.4) is 0 Å². The minimum absolute atomic E-state index is 0.0167. The van der Waals surface area contributed by atoms with Crippen molar-refractivity contribution in [2.45, 2.75) is 49.5 Å². The number of hydrogen-bond donors (Lipinski definition) is 2. The number of epoxide rings is 2. The van der Waals surface area contributed by atoms with Gasteiger partial charge in [0.15, 0.2) is 0 Å². The van der Waals surface area contributed by atoms with Crippen LogP contribution in [0.5, 0.6) is 0 Å². The maximum Gasteiger partial charge on any atom is 0.116 e. The lowest BCUT2D eigenvalue weighted by molar-refractivity contribution is 0.138. The maximum absolute atomic E-state index is 9.63. The van der Waals surface area contributed by atoms with Crippen LogP contribution in [0.1, 0.15) is 12.8 Å². The fourth-order valence-corrected chi connectivity index (χ4v) is 1.98. The minimum atomic E-state index is -0.523. The molecule has 0 unspecified atom stereocenters. The quantitative estimate of drug-likeness (QED) is 0.487. The summed E-state index contributed by atoms with van der Waals surface area (Å²) in [5, 5.41) is 19.0. The van der Waals surface area contributed by atoms with Gasteiger partial charge in [-0.1, -0.05) is 12.2 Å². The van der Waals surface area contributed by atoms with Crippen molar-refractivity contribution in [1.82, 2.24) is 0 Å². The Labute approximate surface area is 95.2 Å². The van der Waals surface area contributed by atoms with E-state index >= 15 is 0 Å². The Balaban J connectivity index is 1.70. The second-order valence-electron chi connectivity index (χ2n) is 4.33. The highest BCUT2D eigenvalue weighted by molar-refractivity contribution is 5.06. The Morgan fingerprint density at radius 1 is 1.19 bits per heavy atom. The Hall–Kier alpha value is -0.680. The zero-order valence-electron chi connectivity index (χ0n) is 9.16. The molecule has 4 nitrogen and oxygen atoms in total. The van der Waals surface area contributed by atoms with Crippen LogP contribution in [0.15, 0.2) is 25.3 Å². The average Bonchev–Trinajstić information content (AvgIpc) is 3.10. The van der Waals surface area contributed by atoms with Crippen molar-refractivity contribution >= 4 is 0 Å². The van der Waals surface area contributed by atoms with E-state index in [0.717, 1.165) is 0 Å². The predicted molar refractivity (Wildman–Crippen MR) is 59.0 cm³/mol. The molecule has 2 aliphatic heterocycles. The summed E-state index contributed by atoms with van der Waals surface area (Å²) in [6.45, 7) is 7.08. The molecule has 90 valence electrons. The second kappa shape index (κ2) is 4.67. The summed E-state index contributed by atoms with van der Waals surface area (Å²) in [5.41, 5.74) is 0. The highest BCUT2D eigenvalue weighted by Gasteiger charge is 2.59. The normalized spacial score (nSPS) is 39.9. The molecule has 0 amide bonds. The number of hydrogen-bond acceptors (Lipinski definition) is 4. The maximum atomic E-state index is 9.63. The van der Waals surface area contributed by atoms with Crippen LogP contribution in [-0.4, -0.2) is 46.8 Å². The molecule has 0 radical (unpaired) electrons. The monoisotopic (exact) mass is 226 g/mol. The SMILES string of the molecule is C=CC[C@H](O)[C@H]1O[C@@H]1[C@H]1O[C@H]1C[C@H](O)C=C. The molecule has 2 aliphatic rings. The molecule has 2 heterocycles. The standard InChI is InChI=1S/C12H18O4/c1-3-5-8(14)10-12(16-10)11-9(15-11)6-7(13)4-2/h3-4,7-14H,1-2,5-6H2/t7-,8+,9+,10-,11+,12+/m1/s1. The van der Waals surface area contributed by atoms with Gasteiger partial charge in [-0.3, -0.25) is 0 Å². The zero-order valence-corrected chi connectivity index (χ0v) is 9.16. The van der Waals surface area contributed by atoms with Crippen molar-refractivity contribution in [3.8, 4) is 0 Å². The number of aliphatic hydroxyl groups excluding tert-OH is 2. The minimum Gasteiger partial charge on any atom is -0.390 e. The summed E-state index contributed by atoms with van der Waals surface area (Å²) in [4.78, 5) is 0. The van der Waals surface area contributed by atoms with Crippen molar-refractivity contribution in [3.63, 3.8) is 0 Å². The number of ether oxygens (including phenoxy) is 2. The molecular formula is C12H18O4. The molecule has 4 heteroatoms. The molecule has 2 N–H and O–H groups in total. The van der Waals surface area contributed by atoms with E-state index in [1.165, 1.54) is 6.08 Å². The first-order valence-electron chi connectivity index (χ1n) is 5.58. The van der Waals surface area contributed by atoms with Gasteiger partial charge in [-0.15, -0.1) is 13.2 Å². The van der Waals surface area contributed by atoms with Crippen LogP contribution in [0.4, 0.5) is 0 Å². The molecule has 0 bridgehead atoms. The van der Waals surface area contributed by atoms with Crippen LogP contribution in [0, 0.1) is 0 Å². The lowest BCUT2D eigenvalue weighted by Gasteiger charge is -2.02. The molecule has 16 heavy (non-hydrogen) atoms. The van der Waals surface area contributed by atoms with Crippen LogP contribution < -0.4 is 0 Å². The third-order valence-electron chi connectivity index (χ3n) is 3.04. The van der Waals surface area contributed by atoms with Gasteiger partial charge in [0.05, 0.1) is 18.3 Å². The van der Waals surface area contributed by atoms with Gasteiger partial charge < -0.3 is 19.7 Å². The van der Waals surface area contributed by atoms with Gasteiger partial charge in [0.1, 0.15) is 18.3 Å². The first-order chi connectivity index (χ1) is 7.67. The Kier molecular flexibility index (Phi) is 3.44. The summed E-state index contributed by atoms with van der Waals surface area (Å²) in [6, 6.07) is 0. The number of aliphatic hydroxyl groups is 2. The molecule has 2 saturated heterocycles. The Morgan fingerprint density at radius 3 is 2.56 bits per heavy atom. The highest BCUT2D eigenvalue weighted by Crippen LogP contribution is 2.42. The smallest absolute Gasteiger partial charge is 0.116 e.